The second kappa shape index (κ2) is 7.43. The zero-order chi connectivity index (χ0) is 18.6. The van der Waals surface area contributed by atoms with Gasteiger partial charge in [-0.1, -0.05) is 0 Å². The van der Waals surface area contributed by atoms with E-state index in [4.69, 9.17) is 19.5 Å². The SMILES string of the molecule is COC(=O)C1CN(C(=O)OC(C)(C)C)C1COc1ccc(C#N)cc1. The molecule has 1 heterocycles. The fourth-order valence-electron chi connectivity index (χ4n) is 2.48. The number of benzene rings is 1. The molecule has 25 heavy (non-hydrogen) atoms. The molecule has 1 aliphatic rings. The summed E-state index contributed by atoms with van der Waals surface area (Å²) in [6.07, 6.45) is -0.485. The van der Waals surface area contributed by atoms with Crippen LogP contribution in [0.3, 0.4) is 0 Å². The van der Waals surface area contributed by atoms with Gasteiger partial charge in [-0.15, -0.1) is 0 Å². The lowest BCUT2D eigenvalue weighted by atomic mass is 9.89. The van der Waals surface area contributed by atoms with Crippen molar-refractivity contribution in [2.45, 2.75) is 32.4 Å². The Morgan fingerprint density at radius 2 is 1.92 bits per heavy atom. The minimum atomic E-state index is -0.619. The van der Waals surface area contributed by atoms with E-state index in [0.717, 1.165) is 0 Å². The van der Waals surface area contributed by atoms with Crippen LogP contribution >= 0.6 is 0 Å². The van der Waals surface area contributed by atoms with Gasteiger partial charge in [0.05, 0.1) is 30.7 Å². The second-order valence-electron chi connectivity index (χ2n) is 6.78. The first kappa shape index (κ1) is 18.6. The maximum atomic E-state index is 12.3. The van der Waals surface area contributed by atoms with Crippen LogP contribution < -0.4 is 4.74 Å². The van der Waals surface area contributed by atoms with Crippen LogP contribution in [0.25, 0.3) is 0 Å². The lowest BCUT2D eigenvalue weighted by Gasteiger charge is -2.45. The van der Waals surface area contributed by atoms with Gasteiger partial charge in [-0.2, -0.15) is 5.26 Å². The molecule has 0 saturated carbocycles. The van der Waals surface area contributed by atoms with E-state index in [-0.39, 0.29) is 19.1 Å². The van der Waals surface area contributed by atoms with Crippen LogP contribution in [-0.4, -0.2) is 48.9 Å². The summed E-state index contributed by atoms with van der Waals surface area (Å²) >= 11 is 0. The van der Waals surface area contributed by atoms with Gasteiger partial charge in [0.25, 0.3) is 0 Å². The molecule has 134 valence electrons. The van der Waals surface area contributed by atoms with Crippen molar-refractivity contribution in [2.24, 2.45) is 5.92 Å². The molecule has 2 unspecified atom stereocenters. The molecule has 1 aliphatic heterocycles. The van der Waals surface area contributed by atoms with E-state index >= 15 is 0 Å². The normalized spacial score (nSPS) is 19.4. The van der Waals surface area contributed by atoms with Gasteiger partial charge in [-0.05, 0) is 45.0 Å². The number of likely N-dealkylation sites (tertiary alicyclic amines) is 1. The molecule has 0 aromatic heterocycles. The third-order valence-electron chi connectivity index (χ3n) is 3.79. The summed E-state index contributed by atoms with van der Waals surface area (Å²) in [5.41, 5.74) is -0.0924. The van der Waals surface area contributed by atoms with Crippen LogP contribution in [-0.2, 0) is 14.3 Å². The Morgan fingerprint density at radius 3 is 2.44 bits per heavy atom. The number of amides is 1. The number of methoxy groups -OCH3 is 1. The fraction of sp³-hybridized carbons (Fsp3) is 0.500. The van der Waals surface area contributed by atoms with Gasteiger partial charge in [-0.25, -0.2) is 4.79 Å². The zero-order valence-electron chi connectivity index (χ0n) is 14.8. The lowest BCUT2D eigenvalue weighted by molar-refractivity contribution is -0.156. The zero-order valence-corrected chi connectivity index (χ0v) is 14.8. The van der Waals surface area contributed by atoms with Gasteiger partial charge in [0.15, 0.2) is 0 Å². The molecule has 0 radical (unpaired) electrons. The number of nitrogens with zero attached hydrogens (tertiary/aromatic N) is 2. The Bertz CT molecular complexity index is 672. The predicted octanol–water partition coefficient (Wildman–Crippen LogP) is 2.35. The maximum absolute atomic E-state index is 12.3. The topological polar surface area (TPSA) is 88.9 Å². The highest BCUT2D eigenvalue weighted by molar-refractivity contribution is 5.79. The van der Waals surface area contributed by atoms with Gasteiger partial charge >= 0.3 is 12.1 Å². The van der Waals surface area contributed by atoms with Crippen LogP contribution in [0.2, 0.25) is 0 Å². The fourth-order valence-corrected chi connectivity index (χ4v) is 2.48. The molecule has 1 aromatic rings. The van der Waals surface area contributed by atoms with Crippen molar-refractivity contribution in [3.8, 4) is 11.8 Å². The molecule has 2 rings (SSSR count). The first-order chi connectivity index (χ1) is 11.7. The highest BCUT2D eigenvalue weighted by atomic mass is 16.6. The van der Waals surface area contributed by atoms with E-state index in [0.29, 0.717) is 11.3 Å². The summed E-state index contributed by atoms with van der Waals surface area (Å²) in [6.45, 7) is 5.72. The first-order valence-electron chi connectivity index (χ1n) is 7.95. The van der Waals surface area contributed by atoms with Crippen molar-refractivity contribution < 1.29 is 23.8 Å². The molecule has 0 bridgehead atoms. The van der Waals surface area contributed by atoms with Crippen molar-refractivity contribution in [3.63, 3.8) is 0 Å². The molecule has 0 aliphatic carbocycles. The van der Waals surface area contributed by atoms with Crippen molar-refractivity contribution in [1.29, 1.82) is 5.26 Å². The molecular formula is C18H22N2O5. The largest absolute Gasteiger partial charge is 0.491 e. The number of hydrogen-bond acceptors (Lipinski definition) is 6. The smallest absolute Gasteiger partial charge is 0.410 e. The Labute approximate surface area is 147 Å². The Kier molecular flexibility index (Phi) is 5.52. The number of hydrogen-bond donors (Lipinski definition) is 0. The standard InChI is InChI=1S/C18H22N2O5/c1-18(2,3)25-17(22)20-10-14(16(21)23-4)15(20)11-24-13-7-5-12(9-19)6-8-13/h5-8,14-15H,10-11H2,1-4H3. The molecular weight excluding hydrogens is 324 g/mol. The van der Waals surface area contributed by atoms with Gasteiger partial charge in [0, 0.05) is 6.54 Å². The summed E-state index contributed by atoms with van der Waals surface area (Å²) in [7, 11) is 1.32. The highest BCUT2D eigenvalue weighted by Gasteiger charge is 2.48. The average molecular weight is 346 g/mol. The van der Waals surface area contributed by atoms with Crippen molar-refractivity contribution in [3.05, 3.63) is 29.8 Å². The number of carbonyl (C=O) groups excluding carboxylic acids is 2. The molecule has 1 aromatic carbocycles. The number of rotatable bonds is 4. The summed E-state index contributed by atoms with van der Waals surface area (Å²) in [4.78, 5) is 25.6. The number of ether oxygens (including phenoxy) is 3. The lowest BCUT2D eigenvalue weighted by Crippen LogP contribution is -2.64. The summed E-state index contributed by atoms with van der Waals surface area (Å²) in [5.74, 6) is -0.275. The Hall–Kier alpha value is -2.75. The van der Waals surface area contributed by atoms with E-state index in [1.54, 1.807) is 45.0 Å². The minimum Gasteiger partial charge on any atom is -0.491 e. The monoisotopic (exact) mass is 346 g/mol. The molecule has 0 spiro atoms. The predicted molar refractivity (Wildman–Crippen MR) is 88.9 cm³/mol. The first-order valence-corrected chi connectivity index (χ1v) is 7.95. The number of carbonyl (C=O) groups is 2. The summed E-state index contributed by atoms with van der Waals surface area (Å²) < 4.78 is 15.8. The van der Waals surface area contributed by atoms with Crippen LogP contribution in [0.4, 0.5) is 4.79 Å². The van der Waals surface area contributed by atoms with E-state index < -0.39 is 23.7 Å². The minimum absolute atomic E-state index is 0.130. The molecule has 1 saturated heterocycles. The Morgan fingerprint density at radius 1 is 1.28 bits per heavy atom. The van der Waals surface area contributed by atoms with Crippen LogP contribution in [0.1, 0.15) is 26.3 Å². The molecule has 1 fully saturated rings. The van der Waals surface area contributed by atoms with Gasteiger partial charge in [-0.3, -0.25) is 9.69 Å². The highest BCUT2D eigenvalue weighted by Crippen LogP contribution is 2.29. The maximum Gasteiger partial charge on any atom is 0.410 e. The quantitative estimate of drug-likeness (QED) is 0.778. The number of esters is 1. The van der Waals surface area contributed by atoms with Gasteiger partial charge in [0.1, 0.15) is 18.0 Å². The number of nitriles is 1. The van der Waals surface area contributed by atoms with E-state index in [1.165, 1.54) is 12.0 Å². The van der Waals surface area contributed by atoms with Gasteiger partial charge in [0.2, 0.25) is 0 Å². The van der Waals surface area contributed by atoms with E-state index in [2.05, 4.69) is 0 Å². The van der Waals surface area contributed by atoms with Crippen molar-refractivity contribution in [1.82, 2.24) is 4.90 Å². The molecule has 1 amide bonds. The summed E-state index contributed by atoms with van der Waals surface area (Å²) in [6, 6.07) is 8.18. The Balaban J connectivity index is 2.03. The average Bonchev–Trinajstić information content (AvgIpc) is 2.52. The molecule has 7 nitrogen and oxygen atoms in total. The second-order valence-corrected chi connectivity index (χ2v) is 6.78. The molecule has 0 N–H and O–H groups in total. The summed E-state index contributed by atoms with van der Waals surface area (Å²) in [5, 5.41) is 8.81. The van der Waals surface area contributed by atoms with Crippen LogP contribution in [0.5, 0.6) is 5.75 Å². The van der Waals surface area contributed by atoms with E-state index in [1.807, 2.05) is 6.07 Å². The third kappa shape index (κ3) is 4.63. The third-order valence-corrected chi connectivity index (χ3v) is 3.79. The molecule has 2 atom stereocenters. The van der Waals surface area contributed by atoms with Crippen LogP contribution in [0.15, 0.2) is 24.3 Å². The molecule has 7 heteroatoms. The van der Waals surface area contributed by atoms with E-state index in [9.17, 15) is 9.59 Å². The van der Waals surface area contributed by atoms with Gasteiger partial charge < -0.3 is 14.2 Å². The van der Waals surface area contributed by atoms with Crippen molar-refractivity contribution in [2.75, 3.05) is 20.3 Å². The van der Waals surface area contributed by atoms with Crippen LogP contribution in [0, 0.1) is 17.2 Å². The van der Waals surface area contributed by atoms with Crippen molar-refractivity contribution >= 4 is 12.1 Å².